The van der Waals surface area contributed by atoms with E-state index in [1.54, 1.807) is 19.1 Å². The van der Waals surface area contributed by atoms with Crippen molar-refractivity contribution in [3.63, 3.8) is 0 Å². The summed E-state index contributed by atoms with van der Waals surface area (Å²) in [5.74, 6) is -0.0485. The summed E-state index contributed by atoms with van der Waals surface area (Å²) in [6, 6.07) is 3.51. The molecule has 0 amide bonds. The SMILES string of the molecule is Cc1c(N=NCC=N)ccc(C(C)C)c1F. The molecule has 4 heteroatoms. The topological polar surface area (TPSA) is 48.6 Å². The van der Waals surface area contributed by atoms with Crippen LogP contribution in [0, 0.1) is 18.2 Å². The van der Waals surface area contributed by atoms with Crippen LogP contribution in [0.5, 0.6) is 0 Å². The van der Waals surface area contributed by atoms with Gasteiger partial charge in [0.05, 0.1) is 12.2 Å². The Labute approximate surface area is 94.9 Å². The van der Waals surface area contributed by atoms with E-state index in [1.807, 2.05) is 13.8 Å². The van der Waals surface area contributed by atoms with Crippen LogP contribution in [0.15, 0.2) is 22.4 Å². The molecule has 86 valence electrons. The monoisotopic (exact) mass is 221 g/mol. The highest BCUT2D eigenvalue weighted by Gasteiger charge is 2.11. The summed E-state index contributed by atoms with van der Waals surface area (Å²) in [6.07, 6.45) is 1.15. The zero-order valence-corrected chi connectivity index (χ0v) is 9.79. The number of hydrogen-bond donors (Lipinski definition) is 1. The molecule has 0 saturated carbocycles. The van der Waals surface area contributed by atoms with Crippen molar-refractivity contribution in [2.75, 3.05) is 6.54 Å². The molecule has 0 atom stereocenters. The van der Waals surface area contributed by atoms with Crippen LogP contribution in [-0.4, -0.2) is 12.8 Å². The van der Waals surface area contributed by atoms with E-state index >= 15 is 0 Å². The van der Waals surface area contributed by atoms with Gasteiger partial charge in [-0.2, -0.15) is 10.2 Å². The number of nitrogens with zero attached hydrogens (tertiary/aromatic N) is 2. The predicted molar refractivity (Wildman–Crippen MR) is 63.4 cm³/mol. The molecule has 1 aromatic rings. The number of rotatable bonds is 4. The molecule has 0 aliphatic carbocycles. The van der Waals surface area contributed by atoms with Gasteiger partial charge in [-0.15, -0.1) is 0 Å². The fourth-order valence-electron chi connectivity index (χ4n) is 1.41. The first-order valence-corrected chi connectivity index (χ1v) is 5.23. The zero-order valence-electron chi connectivity index (χ0n) is 9.79. The lowest BCUT2D eigenvalue weighted by molar-refractivity contribution is 0.590. The molecular formula is C12H16FN3. The van der Waals surface area contributed by atoms with Crippen molar-refractivity contribution in [2.24, 2.45) is 10.2 Å². The summed E-state index contributed by atoms with van der Waals surface area (Å²) in [5, 5.41) is 14.4. The third-order valence-electron chi connectivity index (χ3n) is 2.36. The van der Waals surface area contributed by atoms with E-state index in [9.17, 15) is 4.39 Å². The molecule has 0 unspecified atom stereocenters. The molecule has 1 rings (SSSR count). The molecule has 0 bridgehead atoms. The number of benzene rings is 1. The maximum atomic E-state index is 13.9. The fraction of sp³-hybridized carbons (Fsp3) is 0.417. The Hall–Kier alpha value is -1.58. The Bertz CT molecular complexity index is 411. The smallest absolute Gasteiger partial charge is 0.131 e. The van der Waals surface area contributed by atoms with Gasteiger partial charge in [0.25, 0.3) is 0 Å². The standard InChI is InChI=1S/C12H16FN3/c1-8(2)10-4-5-11(9(3)12(10)13)16-15-7-6-14/h4-6,8,14H,7H2,1-3H3. The van der Waals surface area contributed by atoms with Crippen molar-refractivity contribution < 1.29 is 4.39 Å². The second-order valence-corrected chi connectivity index (χ2v) is 3.90. The van der Waals surface area contributed by atoms with Gasteiger partial charge in [0.15, 0.2) is 0 Å². The lowest BCUT2D eigenvalue weighted by Crippen LogP contribution is -1.95. The van der Waals surface area contributed by atoms with Crippen molar-refractivity contribution in [1.82, 2.24) is 0 Å². The molecule has 0 aliphatic rings. The molecule has 3 nitrogen and oxygen atoms in total. The van der Waals surface area contributed by atoms with Gasteiger partial charge in [0.1, 0.15) is 5.82 Å². The third-order valence-corrected chi connectivity index (χ3v) is 2.36. The average molecular weight is 221 g/mol. The van der Waals surface area contributed by atoms with E-state index in [1.165, 1.54) is 0 Å². The molecule has 0 heterocycles. The largest absolute Gasteiger partial charge is 0.311 e. The third kappa shape index (κ3) is 2.72. The van der Waals surface area contributed by atoms with Crippen LogP contribution in [0.25, 0.3) is 0 Å². The molecule has 0 saturated heterocycles. The molecule has 16 heavy (non-hydrogen) atoms. The molecule has 0 radical (unpaired) electrons. The predicted octanol–water partition coefficient (Wildman–Crippen LogP) is 3.99. The van der Waals surface area contributed by atoms with Crippen molar-refractivity contribution in [2.45, 2.75) is 26.7 Å². The summed E-state index contributed by atoms with van der Waals surface area (Å²) in [4.78, 5) is 0. The second kappa shape index (κ2) is 5.49. The summed E-state index contributed by atoms with van der Waals surface area (Å²) in [7, 11) is 0. The molecule has 1 aromatic carbocycles. The number of nitrogens with one attached hydrogen (secondary N) is 1. The first-order chi connectivity index (χ1) is 7.57. The van der Waals surface area contributed by atoms with Gasteiger partial charge in [-0.05, 0) is 24.5 Å². The second-order valence-electron chi connectivity index (χ2n) is 3.90. The minimum Gasteiger partial charge on any atom is -0.311 e. The number of halogens is 1. The minimum atomic E-state index is -0.207. The van der Waals surface area contributed by atoms with Gasteiger partial charge < -0.3 is 5.41 Å². The van der Waals surface area contributed by atoms with Crippen LogP contribution in [0.4, 0.5) is 10.1 Å². The molecular weight excluding hydrogens is 205 g/mol. The minimum absolute atomic E-state index is 0.159. The Morgan fingerprint density at radius 3 is 2.69 bits per heavy atom. The van der Waals surface area contributed by atoms with Gasteiger partial charge >= 0.3 is 0 Å². The normalized spacial score (nSPS) is 11.3. The molecule has 0 fully saturated rings. The maximum Gasteiger partial charge on any atom is 0.131 e. The van der Waals surface area contributed by atoms with E-state index in [4.69, 9.17) is 5.41 Å². The summed E-state index contributed by atoms with van der Waals surface area (Å²) < 4.78 is 13.9. The average Bonchev–Trinajstić information content (AvgIpc) is 2.24. The van der Waals surface area contributed by atoms with Crippen LogP contribution in [0.2, 0.25) is 0 Å². The molecule has 0 aromatic heterocycles. The van der Waals surface area contributed by atoms with E-state index in [0.717, 1.165) is 6.21 Å². The van der Waals surface area contributed by atoms with Crippen molar-refractivity contribution in [3.8, 4) is 0 Å². The van der Waals surface area contributed by atoms with E-state index in [2.05, 4.69) is 10.2 Å². The quantitative estimate of drug-likeness (QED) is 0.590. The summed E-state index contributed by atoms with van der Waals surface area (Å²) >= 11 is 0. The lowest BCUT2D eigenvalue weighted by Gasteiger charge is -2.10. The number of azo groups is 1. The van der Waals surface area contributed by atoms with Gasteiger partial charge in [-0.1, -0.05) is 19.9 Å². The first-order valence-electron chi connectivity index (χ1n) is 5.23. The van der Waals surface area contributed by atoms with Gasteiger partial charge in [-0.3, -0.25) is 0 Å². The van der Waals surface area contributed by atoms with Crippen molar-refractivity contribution in [1.29, 1.82) is 5.41 Å². The fourth-order valence-corrected chi connectivity index (χ4v) is 1.41. The van der Waals surface area contributed by atoms with Crippen LogP contribution in [0.1, 0.15) is 30.9 Å². The molecule has 1 N–H and O–H groups in total. The lowest BCUT2D eigenvalue weighted by atomic mass is 9.99. The van der Waals surface area contributed by atoms with E-state index in [0.29, 0.717) is 16.8 Å². The Kier molecular flexibility index (Phi) is 4.28. The highest BCUT2D eigenvalue weighted by molar-refractivity contribution is 5.55. The Morgan fingerprint density at radius 2 is 2.12 bits per heavy atom. The van der Waals surface area contributed by atoms with Crippen LogP contribution >= 0.6 is 0 Å². The van der Waals surface area contributed by atoms with E-state index in [-0.39, 0.29) is 18.3 Å². The highest BCUT2D eigenvalue weighted by Crippen LogP contribution is 2.28. The van der Waals surface area contributed by atoms with Crippen LogP contribution < -0.4 is 0 Å². The van der Waals surface area contributed by atoms with Gasteiger partial charge in [0.2, 0.25) is 0 Å². The van der Waals surface area contributed by atoms with Crippen molar-refractivity contribution in [3.05, 3.63) is 29.1 Å². The van der Waals surface area contributed by atoms with Crippen LogP contribution in [0.3, 0.4) is 0 Å². The van der Waals surface area contributed by atoms with Gasteiger partial charge in [0, 0.05) is 11.8 Å². The molecule has 0 aliphatic heterocycles. The zero-order chi connectivity index (χ0) is 12.1. The maximum absolute atomic E-state index is 13.9. The highest BCUT2D eigenvalue weighted by atomic mass is 19.1. The Balaban J connectivity index is 3.06. The van der Waals surface area contributed by atoms with E-state index < -0.39 is 0 Å². The van der Waals surface area contributed by atoms with Gasteiger partial charge in [-0.25, -0.2) is 4.39 Å². The molecule has 0 spiro atoms. The Morgan fingerprint density at radius 1 is 1.44 bits per heavy atom. The summed E-state index contributed by atoms with van der Waals surface area (Å²) in [5.41, 5.74) is 1.74. The first kappa shape index (κ1) is 12.5. The number of hydrogen-bond acceptors (Lipinski definition) is 3. The van der Waals surface area contributed by atoms with Crippen molar-refractivity contribution >= 4 is 11.9 Å². The van der Waals surface area contributed by atoms with Crippen LogP contribution in [-0.2, 0) is 0 Å². The summed E-state index contributed by atoms with van der Waals surface area (Å²) in [6.45, 7) is 5.83.